The molecule has 0 radical (unpaired) electrons. The van der Waals surface area contributed by atoms with E-state index in [0.717, 1.165) is 30.7 Å². The molecule has 4 aromatic carbocycles. The number of hydrogen-bond donors (Lipinski definition) is 0. The van der Waals surface area contributed by atoms with Crippen molar-refractivity contribution in [1.29, 1.82) is 0 Å². The smallest absolute Gasteiger partial charge is 0.432 e. The normalized spacial score (nSPS) is 11.1. The molecule has 0 spiro atoms. The van der Waals surface area contributed by atoms with Gasteiger partial charge in [-0.25, -0.2) is 26.3 Å². The van der Waals surface area contributed by atoms with Gasteiger partial charge in [0.15, 0.2) is 17.5 Å². The molecule has 0 amide bonds. The van der Waals surface area contributed by atoms with E-state index in [1.165, 1.54) is 24.3 Å². The molecule has 10 heteroatoms. The zero-order valence-electron chi connectivity index (χ0n) is 21.3. The standard InChI is InChI=1S/C31H20F8O2/c1-2-3-12-40-23-16-25(33)29(26(34)17-23)31(38,39)41-22-11-10-20(24(32)15-22)9-6-18-4-7-19(8-5-18)21-13-27(35)30(37)28(36)14-21/h4-5,7-8,10-11,13-17H,2-3,12H2,1H3. The summed E-state index contributed by atoms with van der Waals surface area (Å²) in [5.41, 5.74) is -1.02. The number of halogens is 8. The van der Waals surface area contributed by atoms with E-state index in [-0.39, 0.29) is 23.5 Å². The maximum Gasteiger partial charge on any atom is 0.432 e. The Morgan fingerprint density at radius 2 is 1.27 bits per heavy atom. The molecule has 2 nitrogen and oxygen atoms in total. The second-order valence-electron chi connectivity index (χ2n) is 8.81. The molecular formula is C31H20F8O2. The molecule has 212 valence electrons. The van der Waals surface area contributed by atoms with Crippen LogP contribution >= 0.6 is 0 Å². The van der Waals surface area contributed by atoms with Crippen LogP contribution in [0, 0.1) is 46.7 Å². The predicted octanol–water partition coefficient (Wildman–Crippen LogP) is 8.90. The van der Waals surface area contributed by atoms with Gasteiger partial charge in [-0.3, -0.25) is 0 Å². The van der Waals surface area contributed by atoms with Crippen molar-refractivity contribution < 1.29 is 44.6 Å². The summed E-state index contributed by atoms with van der Waals surface area (Å²) in [6.07, 6.45) is -3.12. The lowest BCUT2D eigenvalue weighted by Gasteiger charge is -2.20. The third kappa shape index (κ3) is 6.98. The molecule has 0 aliphatic rings. The Morgan fingerprint density at radius 1 is 0.659 bits per heavy atom. The monoisotopic (exact) mass is 576 g/mol. The zero-order valence-corrected chi connectivity index (χ0v) is 21.3. The summed E-state index contributed by atoms with van der Waals surface area (Å²) >= 11 is 0. The molecule has 0 fully saturated rings. The average molecular weight is 576 g/mol. The lowest BCUT2D eigenvalue weighted by molar-refractivity contribution is -0.189. The highest BCUT2D eigenvalue weighted by Gasteiger charge is 2.41. The molecule has 0 N–H and O–H groups in total. The van der Waals surface area contributed by atoms with Gasteiger partial charge in [0.1, 0.15) is 34.5 Å². The van der Waals surface area contributed by atoms with Gasteiger partial charge < -0.3 is 9.47 Å². The summed E-state index contributed by atoms with van der Waals surface area (Å²) in [5.74, 6) is -4.30. The van der Waals surface area contributed by atoms with Crippen molar-refractivity contribution in [2.24, 2.45) is 0 Å². The molecule has 4 aromatic rings. The van der Waals surface area contributed by atoms with Crippen molar-refractivity contribution in [2.75, 3.05) is 6.61 Å². The first-order chi connectivity index (χ1) is 19.5. The van der Waals surface area contributed by atoms with Crippen LogP contribution in [0.5, 0.6) is 11.5 Å². The highest BCUT2D eigenvalue weighted by Crippen LogP contribution is 2.37. The Kier molecular flexibility index (Phi) is 8.86. The molecule has 0 bridgehead atoms. The number of ether oxygens (including phenoxy) is 2. The Morgan fingerprint density at radius 3 is 1.85 bits per heavy atom. The molecule has 0 unspecified atom stereocenters. The Hall–Kier alpha value is -4.52. The van der Waals surface area contributed by atoms with Crippen molar-refractivity contribution in [3.8, 4) is 34.5 Å². The predicted molar refractivity (Wildman–Crippen MR) is 135 cm³/mol. The number of alkyl halides is 2. The van der Waals surface area contributed by atoms with Crippen molar-refractivity contribution in [1.82, 2.24) is 0 Å². The van der Waals surface area contributed by atoms with Crippen molar-refractivity contribution in [3.05, 3.63) is 118 Å². The Balaban J connectivity index is 1.48. The lowest BCUT2D eigenvalue weighted by atomic mass is 10.0. The quantitative estimate of drug-likeness (QED) is 0.0903. The first-order valence-electron chi connectivity index (χ1n) is 12.2. The van der Waals surface area contributed by atoms with Gasteiger partial charge in [0, 0.05) is 23.8 Å². The van der Waals surface area contributed by atoms with Crippen LogP contribution in [0.2, 0.25) is 0 Å². The van der Waals surface area contributed by atoms with E-state index in [1.807, 2.05) is 6.92 Å². The molecule has 0 aliphatic carbocycles. The molecule has 0 aromatic heterocycles. The van der Waals surface area contributed by atoms with E-state index >= 15 is 0 Å². The number of hydrogen-bond acceptors (Lipinski definition) is 2. The first-order valence-corrected chi connectivity index (χ1v) is 12.2. The molecule has 0 atom stereocenters. The van der Waals surface area contributed by atoms with Gasteiger partial charge in [-0.05, 0) is 53.9 Å². The van der Waals surface area contributed by atoms with Crippen LogP contribution in [-0.4, -0.2) is 6.61 Å². The van der Waals surface area contributed by atoms with Crippen molar-refractivity contribution in [3.63, 3.8) is 0 Å². The van der Waals surface area contributed by atoms with Gasteiger partial charge in [0.05, 0.1) is 12.2 Å². The average Bonchev–Trinajstić information content (AvgIpc) is 2.90. The maximum absolute atomic E-state index is 14.7. The molecule has 4 rings (SSSR count). The van der Waals surface area contributed by atoms with Gasteiger partial charge in [-0.15, -0.1) is 0 Å². The minimum Gasteiger partial charge on any atom is -0.493 e. The SMILES string of the molecule is CCCCOc1cc(F)c(C(F)(F)Oc2ccc(C#Cc3ccc(-c4cc(F)c(F)c(F)c4)cc3)c(F)c2)c(F)c1. The topological polar surface area (TPSA) is 18.5 Å². The number of benzene rings is 4. The van der Waals surface area contributed by atoms with E-state index < -0.39 is 52.3 Å². The van der Waals surface area contributed by atoms with Crippen LogP contribution in [0.15, 0.2) is 66.7 Å². The second kappa shape index (κ2) is 12.3. The Bertz CT molecular complexity index is 1580. The zero-order chi connectivity index (χ0) is 29.7. The fourth-order valence-corrected chi connectivity index (χ4v) is 3.71. The largest absolute Gasteiger partial charge is 0.493 e. The summed E-state index contributed by atoms with van der Waals surface area (Å²) in [6.45, 7) is 2.03. The maximum atomic E-state index is 14.7. The summed E-state index contributed by atoms with van der Waals surface area (Å²) < 4.78 is 122. The summed E-state index contributed by atoms with van der Waals surface area (Å²) in [6, 6.07) is 11.4. The summed E-state index contributed by atoms with van der Waals surface area (Å²) in [7, 11) is 0. The van der Waals surface area contributed by atoms with Crippen LogP contribution < -0.4 is 9.47 Å². The van der Waals surface area contributed by atoms with E-state index in [1.54, 1.807) is 0 Å². The van der Waals surface area contributed by atoms with Crippen LogP contribution in [0.25, 0.3) is 11.1 Å². The minimum absolute atomic E-state index is 0.0929. The van der Waals surface area contributed by atoms with Gasteiger partial charge >= 0.3 is 6.11 Å². The Labute approximate surface area is 230 Å². The molecule has 41 heavy (non-hydrogen) atoms. The highest BCUT2D eigenvalue weighted by atomic mass is 19.3. The van der Waals surface area contributed by atoms with Crippen LogP contribution in [0.3, 0.4) is 0 Å². The van der Waals surface area contributed by atoms with Gasteiger partial charge in [0.2, 0.25) is 0 Å². The van der Waals surface area contributed by atoms with E-state index in [4.69, 9.17) is 4.74 Å². The van der Waals surface area contributed by atoms with Gasteiger partial charge in [0.25, 0.3) is 0 Å². The van der Waals surface area contributed by atoms with E-state index in [0.29, 0.717) is 35.7 Å². The molecule has 0 saturated carbocycles. The fourth-order valence-electron chi connectivity index (χ4n) is 3.71. The van der Waals surface area contributed by atoms with E-state index in [9.17, 15) is 35.1 Å². The summed E-state index contributed by atoms with van der Waals surface area (Å²) in [4.78, 5) is 0. The minimum atomic E-state index is -4.48. The first kappa shape index (κ1) is 29.5. The van der Waals surface area contributed by atoms with Crippen LogP contribution in [-0.2, 0) is 6.11 Å². The molecule has 0 aliphatic heterocycles. The van der Waals surface area contributed by atoms with E-state index in [2.05, 4.69) is 16.6 Å². The van der Waals surface area contributed by atoms with Crippen LogP contribution in [0.4, 0.5) is 35.1 Å². The van der Waals surface area contributed by atoms with Crippen molar-refractivity contribution in [2.45, 2.75) is 25.9 Å². The molecular weight excluding hydrogens is 556 g/mol. The third-order valence-electron chi connectivity index (χ3n) is 5.80. The van der Waals surface area contributed by atoms with Crippen molar-refractivity contribution >= 4 is 0 Å². The molecule has 0 heterocycles. The number of unbranched alkanes of at least 4 members (excludes halogenated alkanes) is 1. The lowest BCUT2D eigenvalue weighted by Crippen LogP contribution is -2.25. The third-order valence-corrected chi connectivity index (χ3v) is 5.80. The van der Waals surface area contributed by atoms with Crippen LogP contribution in [0.1, 0.15) is 36.5 Å². The fraction of sp³-hybridized carbons (Fsp3) is 0.161. The van der Waals surface area contributed by atoms with Gasteiger partial charge in [-0.1, -0.05) is 37.3 Å². The number of rotatable bonds is 8. The molecule has 0 saturated heterocycles. The second-order valence-corrected chi connectivity index (χ2v) is 8.81. The summed E-state index contributed by atoms with van der Waals surface area (Å²) in [5, 5.41) is 0. The van der Waals surface area contributed by atoms with Gasteiger partial charge in [-0.2, -0.15) is 8.78 Å². The highest BCUT2D eigenvalue weighted by molar-refractivity contribution is 5.64.